The molecule has 23 heavy (non-hydrogen) atoms. The van der Waals surface area contributed by atoms with Gasteiger partial charge in [0, 0.05) is 19.2 Å². The molecule has 8 heteroatoms. The second-order valence-electron chi connectivity index (χ2n) is 5.74. The largest absolute Gasteiger partial charge is 0.376 e. The van der Waals surface area contributed by atoms with Crippen molar-refractivity contribution < 1.29 is 4.74 Å². The minimum absolute atomic E-state index is 0.0220. The number of ether oxygens (including phenoxy) is 1. The summed E-state index contributed by atoms with van der Waals surface area (Å²) in [5.41, 5.74) is 9.10. The molecular weight excluding hydrogens is 316 g/mol. The van der Waals surface area contributed by atoms with Gasteiger partial charge in [0.05, 0.1) is 29.4 Å². The minimum Gasteiger partial charge on any atom is -0.376 e. The summed E-state index contributed by atoms with van der Waals surface area (Å²) >= 11 is 6.17. The SMILES string of the molecule is COC1C(C)=C(Cn2nc(C)c3c(Cl)nc(N)nc32)N=CC1C. The summed E-state index contributed by atoms with van der Waals surface area (Å²) < 4.78 is 7.33. The van der Waals surface area contributed by atoms with Crippen LogP contribution in [0, 0.1) is 12.8 Å². The molecule has 3 heterocycles. The Kier molecular flexibility index (Phi) is 4.08. The number of methoxy groups -OCH3 is 1. The molecule has 0 aliphatic carbocycles. The van der Waals surface area contributed by atoms with Crippen molar-refractivity contribution in [2.75, 3.05) is 12.8 Å². The Morgan fingerprint density at radius 2 is 2.09 bits per heavy atom. The molecular formula is C15H19ClN6O. The molecule has 0 radical (unpaired) electrons. The van der Waals surface area contributed by atoms with Crippen LogP contribution in [-0.4, -0.2) is 39.2 Å². The maximum atomic E-state index is 6.17. The molecule has 0 saturated carbocycles. The first-order chi connectivity index (χ1) is 10.9. The molecule has 0 bridgehead atoms. The lowest BCUT2D eigenvalue weighted by atomic mass is 9.95. The summed E-state index contributed by atoms with van der Waals surface area (Å²) in [6, 6.07) is 0. The van der Waals surface area contributed by atoms with E-state index in [-0.39, 0.29) is 18.0 Å². The maximum absolute atomic E-state index is 6.17. The van der Waals surface area contributed by atoms with E-state index in [1.807, 2.05) is 20.1 Å². The number of hydrogen-bond donors (Lipinski definition) is 1. The van der Waals surface area contributed by atoms with Crippen LogP contribution in [0.25, 0.3) is 11.0 Å². The van der Waals surface area contributed by atoms with Crippen LogP contribution >= 0.6 is 11.6 Å². The molecule has 0 fully saturated rings. The van der Waals surface area contributed by atoms with E-state index >= 15 is 0 Å². The van der Waals surface area contributed by atoms with E-state index < -0.39 is 0 Å². The smallest absolute Gasteiger partial charge is 0.223 e. The van der Waals surface area contributed by atoms with Crippen molar-refractivity contribution >= 4 is 34.8 Å². The third-order valence-corrected chi connectivity index (χ3v) is 4.39. The van der Waals surface area contributed by atoms with Gasteiger partial charge in [0.2, 0.25) is 5.95 Å². The first-order valence-electron chi connectivity index (χ1n) is 7.35. The van der Waals surface area contributed by atoms with E-state index in [1.54, 1.807) is 11.8 Å². The van der Waals surface area contributed by atoms with Crippen LogP contribution in [0.4, 0.5) is 5.95 Å². The predicted octanol–water partition coefficient (Wildman–Crippen LogP) is 2.38. The Bertz CT molecular complexity index is 825. The lowest BCUT2D eigenvalue weighted by Crippen LogP contribution is -2.27. The molecule has 3 rings (SSSR count). The number of fused-ring (bicyclic) bond motifs is 1. The minimum atomic E-state index is 0.0220. The van der Waals surface area contributed by atoms with E-state index in [2.05, 4.69) is 27.0 Å². The number of rotatable bonds is 3. The van der Waals surface area contributed by atoms with Gasteiger partial charge in [-0.2, -0.15) is 10.1 Å². The Balaban J connectivity index is 2.06. The number of aliphatic imine (C=N–C) groups is 1. The summed E-state index contributed by atoms with van der Waals surface area (Å²) in [6.07, 6.45) is 1.93. The van der Waals surface area contributed by atoms with Gasteiger partial charge >= 0.3 is 0 Å². The number of hydrogen-bond acceptors (Lipinski definition) is 6. The van der Waals surface area contributed by atoms with Crippen molar-refractivity contribution in [1.29, 1.82) is 0 Å². The average molecular weight is 335 g/mol. The van der Waals surface area contributed by atoms with E-state index in [4.69, 9.17) is 22.1 Å². The number of halogens is 1. The third-order valence-electron chi connectivity index (χ3n) is 4.12. The second-order valence-corrected chi connectivity index (χ2v) is 6.10. The lowest BCUT2D eigenvalue weighted by Gasteiger charge is -2.26. The van der Waals surface area contributed by atoms with Crippen LogP contribution < -0.4 is 5.73 Å². The zero-order chi connectivity index (χ0) is 16.7. The summed E-state index contributed by atoms with van der Waals surface area (Å²) in [5, 5.41) is 5.55. The fourth-order valence-corrected chi connectivity index (χ4v) is 3.28. The van der Waals surface area contributed by atoms with Gasteiger partial charge in [0.1, 0.15) is 5.15 Å². The van der Waals surface area contributed by atoms with Crippen LogP contribution in [0.3, 0.4) is 0 Å². The fraction of sp³-hybridized carbons (Fsp3) is 0.467. The molecule has 1 aliphatic rings. The van der Waals surface area contributed by atoms with Crippen LogP contribution in [0.5, 0.6) is 0 Å². The summed E-state index contributed by atoms with van der Waals surface area (Å²) in [4.78, 5) is 12.8. The van der Waals surface area contributed by atoms with E-state index in [9.17, 15) is 0 Å². The molecule has 2 aromatic heterocycles. The quantitative estimate of drug-likeness (QED) is 0.870. The molecule has 7 nitrogen and oxygen atoms in total. The van der Waals surface area contributed by atoms with Gasteiger partial charge in [0.25, 0.3) is 0 Å². The second kappa shape index (κ2) is 5.90. The highest BCUT2D eigenvalue weighted by Crippen LogP contribution is 2.28. The Labute approximate surface area is 139 Å². The zero-order valence-corrected chi connectivity index (χ0v) is 14.3. The standard InChI is InChI=1S/C15H19ClN6O/c1-7-5-18-10(8(2)12(7)23-4)6-22-14-11(9(3)21-22)13(16)19-15(17)20-14/h5,7,12H,6H2,1-4H3,(H2,17,19,20). The number of nitrogens with two attached hydrogens (primary N) is 1. The number of aromatic nitrogens is 4. The molecule has 0 saturated heterocycles. The molecule has 1 aliphatic heterocycles. The molecule has 2 N–H and O–H groups in total. The van der Waals surface area contributed by atoms with Crippen molar-refractivity contribution in [3.63, 3.8) is 0 Å². The lowest BCUT2D eigenvalue weighted by molar-refractivity contribution is 0.107. The third kappa shape index (κ3) is 2.70. The highest BCUT2D eigenvalue weighted by atomic mass is 35.5. The zero-order valence-electron chi connectivity index (χ0n) is 13.5. The van der Waals surface area contributed by atoms with Crippen LogP contribution in [0.2, 0.25) is 5.15 Å². The number of anilines is 1. The van der Waals surface area contributed by atoms with Gasteiger partial charge in [-0.3, -0.25) is 4.99 Å². The topological polar surface area (TPSA) is 91.2 Å². The Morgan fingerprint density at radius 1 is 1.35 bits per heavy atom. The van der Waals surface area contributed by atoms with Gasteiger partial charge in [-0.1, -0.05) is 18.5 Å². The van der Waals surface area contributed by atoms with Crippen molar-refractivity contribution in [3.8, 4) is 0 Å². The number of allylic oxidation sites excluding steroid dienone is 1. The van der Waals surface area contributed by atoms with Crippen LogP contribution in [-0.2, 0) is 11.3 Å². The number of aryl methyl sites for hydroxylation is 1. The van der Waals surface area contributed by atoms with Crippen molar-refractivity contribution in [2.45, 2.75) is 33.4 Å². The molecule has 2 atom stereocenters. The molecule has 122 valence electrons. The highest BCUT2D eigenvalue weighted by molar-refractivity contribution is 6.34. The van der Waals surface area contributed by atoms with Gasteiger partial charge < -0.3 is 10.5 Å². The Morgan fingerprint density at radius 3 is 2.78 bits per heavy atom. The highest BCUT2D eigenvalue weighted by Gasteiger charge is 2.24. The van der Waals surface area contributed by atoms with Crippen LogP contribution in [0.15, 0.2) is 16.3 Å². The first kappa shape index (κ1) is 15.9. The summed E-state index contributed by atoms with van der Waals surface area (Å²) in [7, 11) is 1.71. The normalized spacial score (nSPS) is 21.4. The average Bonchev–Trinajstić information content (AvgIpc) is 2.79. The van der Waals surface area contributed by atoms with E-state index in [0.717, 1.165) is 22.4 Å². The van der Waals surface area contributed by atoms with Gasteiger partial charge in [-0.05, 0) is 19.4 Å². The Hall–Kier alpha value is -1.99. The van der Waals surface area contributed by atoms with E-state index in [1.165, 1.54) is 0 Å². The first-order valence-corrected chi connectivity index (χ1v) is 7.73. The molecule has 0 spiro atoms. The molecule has 0 aromatic carbocycles. The monoisotopic (exact) mass is 334 g/mol. The molecule has 2 aromatic rings. The van der Waals surface area contributed by atoms with Gasteiger partial charge in [-0.25, -0.2) is 9.67 Å². The van der Waals surface area contributed by atoms with E-state index in [0.29, 0.717) is 17.3 Å². The number of nitrogens with zero attached hydrogens (tertiary/aromatic N) is 5. The summed E-state index contributed by atoms with van der Waals surface area (Å²) in [6.45, 7) is 6.46. The predicted molar refractivity (Wildman–Crippen MR) is 90.6 cm³/mol. The molecule has 0 amide bonds. The maximum Gasteiger partial charge on any atom is 0.223 e. The van der Waals surface area contributed by atoms with Crippen molar-refractivity contribution in [2.24, 2.45) is 10.9 Å². The van der Waals surface area contributed by atoms with Crippen molar-refractivity contribution in [1.82, 2.24) is 19.7 Å². The number of nitrogen functional groups attached to an aromatic ring is 1. The van der Waals surface area contributed by atoms with Gasteiger partial charge in [0.15, 0.2) is 5.65 Å². The van der Waals surface area contributed by atoms with Crippen molar-refractivity contribution in [3.05, 3.63) is 22.1 Å². The molecule has 2 unspecified atom stereocenters. The van der Waals surface area contributed by atoms with Gasteiger partial charge in [-0.15, -0.1) is 0 Å². The summed E-state index contributed by atoms with van der Waals surface area (Å²) in [5.74, 6) is 0.372. The van der Waals surface area contributed by atoms with Crippen LogP contribution in [0.1, 0.15) is 19.5 Å². The fourth-order valence-electron chi connectivity index (χ4n) is 2.97.